The lowest BCUT2D eigenvalue weighted by atomic mass is 10.2. The number of hydrogen-bond acceptors (Lipinski definition) is 6. The van der Waals surface area contributed by atoms with Gasteiger partial charge in [-0.2, -0.15) is 26.7 Å². The van der Waals surface area contributed by atoms with Crippen molar-refractivity contribution in [3.05, 3.63) is 63.8 Å². The monoisotopic (exact) mass is 435 g/mol. The van der Waals surface area contributed by atoms with E-state index in [2.05, 4.69) is 10.4 Å². The normalized spacial score (nSPS) is 13.9. The predicted octanol–water partition coefficient (Wildman–Crippen LogP) is 3.16. The van der Waals surface area contributed by atoms with Gasteiger partial charge in [0, 0.05) is 0 Å². The third-order valence-corrected chi connectivity index (χ3v) is 5.03. The molecule has 0 saturated carbocycles. The molecule has 0 spiro atoms. The molecular formula is C17H17F4N3O4S. The zero-order chi connectivity index (χ0) is 21.8. The van der Waals surface area contributed by atoms with E-state index >= 15 is 0 Å². The van der Waals surface area contributed by atoms with Crippen LogP contribution in [0.5, 0.6) is 0 Å². The molecule has 0 aliphatic rings. The Kier molecular flexibility index (Phi) is 6.80. The molecule has 29 heavy (non-hydrogen) atoms. The zero-order valence-corrected chi connectivity index (χ0v) is 16.1. The maximum Gasteiger partial charge on any atom is 0.423 e. The van der Waals surface area contributed by atoms with Crippen molar-refractivity contribution in [2.75, 3.05) is 11.9 Å². The molecule has 0 bridgehead atoms. The Morgan fingerprint density at radius 2 is 1.93 bits per heavy atom. The number of benzene rings is 1. The molecular weight excluding hydrogens is 418 g/mol. The topological polar surface area (TPSA) is 101 Å². The maximum atomic E-state index is 14.2. The maximum absolute atomic E-state index is 14.2. The van der Waals surface area contributed by atoms with Gasteiger partial charge in [0.2, 0.25) is 0 Å². The lowest BCUT2D eigenvalue weighted by Crippen LogP contribution is -2.27. The van der Waals surface area contributed by atoms with Crippen LogP contribution in [0.1, 0.15) is 18.1 Å². The molecule has 0 aliphatic heterocycles. The summed E-state index contributed by atoms with van der Waals surface area (Å²) in [6.07, 6.45) is -3.52. The molecule has 0 saturated heterocycles. The van der Waals surface area contributed by atoms with Crippen molar-refractivity contribution in [3.8, 4) is 0 Å². The van der Waals surface area contributed by atoms with Crippen molar-refractivity contribution in [3.63, 3.8) is 0 Å². The summed E-state index contributed by atoms with van der Waals surface area (Å²) in [4.78, 5) is 11.3. The number of halogens is 4. The Morgan fingerprint density at radius 3 is 2.52 bits per heavy atom. The number of nitrogens with zero attached hydrogens (tertiary/aromatic N) is 1. The number of aromatic amines is 1. The summed E-state index contributed by atoms with van der Waals surface area (Å²) in [7, 11) is -4.12. The number of rotatable bonds is 7. The first kappa shape index (κ1) is 22.6. The molecule has 7 nitrogen and oxygen atoms in total. The molecule has 1 aromatic carbocycles. The molecule has 158 valence electrons. The Morgan fingerprint density at radius 1 is 1.31 bits per heavy atom. The van der Waals surface area contributed by atoms with E-state index in [4.69, 9.17) is 4.18 Å². The average molecular weight is 435 g/mol. The Labute approximate surface area is 163 Å². The summed E-state index contributed by atoms with van der Waals surface area (Å²) in [6, 6.07) is 4.46. The largest absolute Gasteiger partial charge is 0.423 e. The second kappa shape index (κ2) is 8.74. The van der Waals surface area contributed by atoms with Gasteiger partial charge in [-0.1, -0.05) is 17.7 Å². The first-order chi connectivity index (χ1) is 13.4. The molecule has 1 aromatic heterocycles. The second-order valence-corrected chi connectivity index (χ2v) is 7.61. The van der Waals surface area contributed by atoms with Crippen LogP contribution in [0.4, 0.5) is 23.2 Å². The van der Waals surface area contributed by atoms with Crippen molar-refractivity contribution in [2.45, 2.75) is 31.0 Å². The van der Waals surface area contributed by atoms with Gasteiger partial charge in [-0.25, -0.2) is 9.49 Å². The van der Waals surface area contributed by atoms with Gasteiger partial charge < -0.3 is 5.32 Å². The van der Waals surface area contributed by atoms with Gasteiger partial charge in [0.05, 0.1) is 29.4 Å². The van der Waals surface area contributed by atoms with Crippen LogP contribution in [0.2, 0.25) is 0 Å². The number of aryl methyl sites for hydroxylation is 1. The summed E-state index contributed by atoms with van der Waals surface area (Å²) in [5.41, 5.74) is -2.91. The average Bonchev–Trinajstić information content (AvgIpc) is 2.60. The molecule has 2 rings (SSSR count). The van der Waals surface area contributed by atoms with Crippen LogP contribution in [0, 0.1) is 6.92 Å². The van der Waals surface area contributed by atoms with Crippen molar-refractivity contribution in [1.29, 1.82) is 0 Å². The summed E-state index contributed by atoms with van der Waals surface area (Å²) >= 11 is 0. The van der Waals surface area contributed by atoms with E-state index < -0.39 is 51.6 Å². The van der Waals surface area contributed by atoms with E-state index in [1.54, 1.807) is 24.2 Å². The van der Waals surface area contributed by atoms with E-state index in [1.165, 1.54) is 19.1 Å². The Hall–Kier alpha value is -2.73. The highest BCUT2D eigenvalue weighted by molar-refractivity contribution is 7.86. The lowest BCUT2D eigenvalue weighted by molar-refractivity contribution is -0.138. The van der Waals surface area contributed by atoms with Crippen molar-refractivity contribution in [2.24, 2.45) is 0 Å². The van der Waals surface area contributed by atoms with Gasteiger partial charge in [-0.15, -0.1) is 0 Å². The SMILES string of the molecule is Cc1ccc(S(=O)(=O)OC/C=C(\F)C(C)Nc2cn[nH]c(=O)c2C(F)(F)F)cc1. The third kappa shape index (κ3) is 5.87. The molecule has 0 amide bonds. The van der Waals surface area contributed by atoms with Gasteiger partial charge in [0.15, 0.2) is 0 Å². The molecule has 2 aromatic rings. The standard InChI is InChI=1S/C17H17F4N3O4S/c1-10-3-5-12(6-4-10)29(26,27)28-8-7-13(18)11(2)23-14-9-22-24-16(25)15(14)17(19,20)21/h3-7,9,11H,8H2,1-2H3,(H2,23,24,25)/b13-7-. The van der Waals surface area contributed by atoms with E-state index in [9.17, 15) is 30.8 Å². The van der Waals surface area contributed by atoms with E-state index in [0.29, 0.717) is 6.20 Å². The van der Waals surface area contributed by atoms with E-state index in [-0.39, 0.29) is 4.90 Å². The highest BCUT2D eigenvalue weighted by atomic mass is 32.2. The number of nitrogens with one attached hydrogen (secondary N) is 2. The van der Waals surface area contributed by atoms with Crippen molar-refractivity contribution >= 4 is 15.8 Å². The van der Waals surface area contributed by atoms with Crippen LogP contribution < -0.4 is 10.9 Å². The quantitative estimate of drug-likeness (QED) is 0.512. The summed E-state index contributed by atoms with van der Waals surface area (Å²) in [5, 5.41) is 7.11. The van der Waals surface area contributed by atoms with Gasteiger partial charge >= 0.3 is 6.18 Å². The van der Waals surface area contributed by atoms with Crippen LogP contribution in [-0.4, -0.2) is 31.3 Å². The summed E-state index contributed by atoms with van der Waals surface area (Å²) in [6.45, 7) is 2.28. The highest BCUT2D eigenvalue weighted by Gasteiger charge is 2.37. The fourth-order valence-electron chi connectivity index (χ4n) is 2.24. The molecule has 0 fully saturated rings. The summed E-state index contributed by atoms with van der Waals surface area (Å²) in [5.74, 6) is -0.988. The van der Waals surface area contributed by atoms with Gasteiger partial charge in [0.1, 0.15) is 11.4 Å². The highest BCUT2D eigenvalue weighted by Crippen LogP contribution is 2.32. The molecule has 12 heteroatoms. The number of alkyl halides is 3. The van der Waals surface area contributed by atoms with E-state index in [1.807, 2.05) is 0 Å². The molecule has 2 N–H and O–H groups in total. The van der Waals surface area contributed by atoms with Crippen LogP contribution in [-0.2, 0) is 20.5 Å². The molecule has 1 atom stereocenters. The fraction of sp³-hybridized carbons (Fsp3) is 0.294. The Bertz CT molecular complexity index is 1050. The van der Waals surface area contributed by atoms with Gasteiger partial charge in [-0.05, 0) is 32.1 Å². The van der Waals surface area contributed by atoms with Crippen molar-refractivity contribution in [1.82, 2.24) is 10.2 Å². The van der Waals surface area contributed by atoms with Crippen LogP contribution >= 0.6 is 0 Å². The van der Waals surface area contributed by atoms with E-state index in [0.717, 1.165) is 11.6 Å². The zero-order valence-electron chi connectivity index (χ0n) is 15.2. The Balaban J connectivity index is 2.08. The van der Waals surface area contributed by atoms with Gasteiger partial charge in [0.25, 0.3) is 15.7 Å². The van der Waals surface area contributed by atoms with Gasteiger partial charge in [-0.3, -0.25) is 8.98 Å². The molecule has 0 radical (unpaired) electrons. The minimum atomic E-state index is -4.98. The second-order valence-electron chi connectivity index (χ2n) is 5.99. The first-order valence-electron chi connectivity index (χ1n) is 8.15. The minimum absolute atomic E-state index is 0.118. The summed E-state index contributed by atoms with van der Waals surface area (Å²) < 4.78 is 81.9. The number of hydrogen-bond donors (Lipinski definition) is 2. The number of anilines is 1. The predicted molar refractivity (Wildman–Crippen MR) is 96.5 cm³/mol. The molecule has 1 unspecified atom stereocenters. The minimum Gasteiger partial charge on any atom is -0.374 e. The fourth-order valence-corrected chi connectivity index (χ4v) is 3.10. The number of aromatic nitrogens is 2. The smallest absolute Gasteiger partial charge is 0.374 e. The first-order valence-corrected chi connectivity index (χ1v) is 9.55. The van der Waals surface area contributed by atoms with Crippen LogP contribution in [0.15, 0.2) is 52.1 Å². The molecule has 0 aliphatic carbocycles. The van der Waals surface area contributed by atoms with Crippen LogP contribution in [0.25, 0.3) is 0 Å². The lowest BCUT2D eigenvalue weighted by Gasteiger charge is -2.17. The van der Waals surface area contributed by atoms with Crippen molar-refractivity contribution < 1.29 is 30.2 Å². The van der Waals surface area contributed by atoms with Crippen LogP contribution in [0.3, 0.4) is 0 Å². The third-order valence-electron chi connectivity index (χ3n) is 3.74. The molecule has 1 heterocycles. The number of H-pyrrole nitrogens is 1.